The van der Waals surface area contributed by atoms with Gasteiger partial charge in [0.1, 0.15) is 11.2 Å². The minimum Gasteiger partial charge on any atom is -0.455 e. The number of anilines is 3. The number of thiophene rings is 1. The number of furan rings is 1. The molecule has 300 valence electrons. The highest BCUT2D eigenvalue weighted by atomic mass is 32.1. The van der Waals surface area contributed by atoms with Gasteiger partial charge in [0.15, 0.2) is 0 Å². The second kappa shape index (κ2) is 14.7. The molecule has 0 aliphatic rings. The summed E-state index contributed by atoms with van der Waals surface area (Å²) < 4.78 is 11.5. The summed E-state index contributed by atoms with van der Waals surface area (Å²) in [7, 11) is 0. The molecule has 0 spiro atoms. The van der Waals surface area contributed by atoms with Crippen molar-refractivity contribution in [2.45, 2.75) is 0 Å². The molecule has 3 nitrogen and oxygen atoms in total. The number of fused-ring (bicyclic) bond motifs is 9. The van der Waals surface area contributed by atoms with Crippen LogP contribution in [-0.4, -0.2) is 4.57 Å². The van der Waals surface area contributed by atoms with Crippen molar-refractivity contribution in [1.29, 1.82) is 0 Å². The molecule has 13 rings (SSSR count). The number of aromatic nitrogens is 1. The normalized spacial score (nSPS) is 11.8. The molecule has 64 heavy (non-hydrogen) atoms. The smallest absolute Gasteiger partial charge is 0.143 e. The van der Waals surface area contributed by atoms with Crippen LogP contribution in [-0.2, 0) is 0 Å². The van der Waals surface area contributed by atoms with Gasteiger partial charge >= 0.3 is 0 Å². The molecule has 0 saturated heterocycles. The predicted octanol–water partition coefficient (Wildman–Crippen LogP) is 17.5. The van der Waals surface area contributed by atoms with E-state index in [1.165, 1.54) is 53.1 Å². The average Bonchev–Trinajstić information content (AvgIpc) is 4.04. The molecule has 10 aromatic carbocycles. The van der Waals surface area contributed by atoms with Crippen molar-refractivity contribution >= 4 is 92.3 Å². The van der Waals surface area contributed by atoms with E-state index >= 15 is 0 Å². The van der Waals surface area contributed by atoms with Gasteiger partial charge in [0, 0.05) is 70.0 Å². The fraction of sp³-hybridized carbons (Fsp3) is 0. The maximum Gasteiger partial charge on any atom is 0.143 e. The summed E-state index contributed by atoms with van der Waals surface area (Å²) in [5.74, 6) is 0. The van der Waals surface area contributed by atoms with E-state index in [0.29, 0.717) is 0 Å². The van der Waals surface area contributed by atoms with Crippen LogP contribution in [0, 0.1) is 0 Å². The van der Waals surface area contributed by atoms with Crippen LogP contribution in [0.4, 0.5) is 17.1 Å². The van der Waals surface area contributed by atoms with Gasteiger partial charge in [-0.2, -0.15) is 0 Å². The lowest BCUT2D eigenvalue weighted by Crippen LogP contribution is -2.10. The Morgan fingerprint density at radius 2 is 0.859 bits per heavy atom. The Labute approximate surface area is 373 Å². The van der Waals surface area contributed by atoms with Crippen LogP contribution in [0.3, 0.4) is 0 Å². The van der Waals surface area contributed by atoms with E-state index in [4.69, 9.17) is 4.42 Å². The second-order valence-corrected chi connectivity index (χ2v) is 17.6. The Bertz CT molecular complexity index is 3820. The van der Waals surface area contributed by atoms with Crippen molar-refractivity contribution in [1.82, 2.24) is 4.57 Å². The fourth-order valence-corrected chi connectivity index (χ4v) is 10.8. The highest BCUT2D eigenvalue weighted by Crippen LogP contribution is 2.42. The van der Waals surface area contributed by atoms with Gasteiger partial charge in [-0.15, -0.1) is 11.3 Å². The highest BCUT2D eigenvalue weighted by Gasteiger charge is 2.18. The molecule has 0 amide bonds. The van der Waals surface area contributed by atoms with Gasteiger partial charge in [-0.3, -0.25) is 0 Å². The zero-order valence-corrected chi connectivity index (χ0v) is 35.5. The topological polar surface area (TPSA) is 21.3 Å². The van der Waals surface area contributed by atoms with E-state index in [1.54, 1.807) is 0 Å². The van der Waals surface area contributed by atoms with E-state index in [1.807, 2.05) is 17.4 Å². The molecule has 3 heterocycles. The standard InChI is InChI=1S/C60H38N2OS/c1-2-11-41(12-3-1)48-16-10-17-52-53-37-42(25-35-57(53)63-60(48)52)39-21-27-44(28-22-39)61(45-29-23-40(24-30-45)43-26-36-59-54(38-43)51-15-6-9-20-58(51)64-59)46-31-33-47(34-32-46)62-55-18-7-4-13-49(55)50-14-5-8-19-56(50)62/h1-38H. The second-order valence-electron chi connectivity index (χ2n) is 16.5. The van der Waals surface area contributed by atoms with Gasteiger partial charge < -0.3 is 13.9 Å². The lowest BCUT2D eigenvalue weighted by Gasteiger charge is -2.26. The van der Waals surface area contributed by atoms with Crippen molar-refractivity contribution in [2.75, 3.05) is 4.90 Å². The summed E-state index contributed by atoms with van der Waals surface area (Å²) >= 11 is 1.86. The van der Waals surface area contributed by atoms with Crippen LogP contribution >= 0.6 is 11.3 Å². The zero-order chi connectivity index (χ0) is 42.1. The Balaban J connectivity index is 0.890. The lowest BCUT2D eigenvalue weighted by molar-refractivity contribution is 0.670. The Kier molecular flexibility index (Phi) is 8.40. The van der Waals surface area contributed by atoms with Crippen molar-refractivity contribution in [2.24, 2.45) is 0 Å². The van der Waals surface area contributed by atoms with Crippen LogP contribution < -0.4 is 4.90 Å². The predicted molar refractivity (Wildman–Crippen MR) is 272 cm³/mol. The molecule has 0 fully saturated rings. The Morgan fingerprint density at radius 3 is 1.53 bits per heavy atom. The summed E-state index contributed by atoms with van der Waals surface area (Å²) in [6.45, 7) is 0. The molecule has 0 unspecified atom stereocenters. The summed E-state index contributed by atoms with van der Waals surface area (Å²) in [5, 5.41) is 7.38. The molecule has 3 aromatic heterocycles. The van der Waals surface area contributed by atoms with Crippen molar-refractivity contribution < 1.29 is 4.42 Å². The molecule has 13 aromatic rings. The van der Waals surface area contributed by atoms with Gasteiger partial charge in [-0.05, 0) is 119 Å². The first kappa shape index (κ1) is 36.5. The number of hydrogen-bond donors (Lipinski definition) is 0. The average molecular weight is 835 g/mol. The van der Waals surface area contributed by atoms with Crippen molar-refractivity contribution in [3.05, 3.63) is 231 Å². The Morgan fingerprint density at radius 1 is 0.344 bits per heavy atom. The third-order valence-electron chi connectivity index (χ3n) is 12.8. The fourth-order valence-electron chi connectivity index (χ4n) is 9.73. The number of nitrogens with zero attached hydrogens (tertiary/aromatic N) is 2. The molecule has 0 aliphatic heterocycles. The van der Waals surface area contributed by atoms with E-state index in [0.717, 1.165) is 66.9 Å². The molecule has 0 saturated carbocycles. The van der Waals surface area contributed by atoms with Crippen LogP contribution in [0.25, 0.3) is 103 Å². The van der Waals surface area contributed by atoms with E-state index in [9.17, 15) is 0 Å². The van der Waals surface area contributed by atoms with Gasteiger partial charge in [-0.1, -0.05) is 140 Å². The van der Waals surface area contributed by atoms with Gasteiger partial charge in [0.05, 0.1) is 11.0 Å². The number of hydrogen-bond acceptors (Lipinski definition) is 3. The summed E-state index contributed by atoms with van der Waals surface area (Å²) in [5.41, 5.74) is 15.5. The first-order chi connectivity index (χ1) is 31.7. The molecule has 4 heteroatoms. The summed E-state index contributed by atoms with van der Waals surface area (Å²) in [4.78, 5) is 2.36. The third-order valence-corrected chi connectivity index (χ3v) is 14.0. The molecule has 0 aliphatic carbocycles. The van der Waals surface area contributed by atoms with E-state index in [-0.39, 0.29) is 0 Å². The van der Waals surface area contributed by atoms with Crippen LogP contribution in [0.15, 0.2) is 235 Å². The van der Waals surface area contributed by atoms with Crippen LogP contribution in [0.1, 0.15) is 0 Å². The summed E-state index contributed by atoms with van der Waals surface area (Å²) in [6, 6.07) is 83.3. The van der Waals surface area contributed by atoms with E-state index in [2.05, 4.69) is 234 Å². The summed E-state index contributed by atoms with van der Waals surface area (Å²) in [6.07, 6.45) is 0. The molecular weight excluding hydrogens is 797 g/mol. The monoisotopic (exact) mass is 834 g/mol. The highest BCUT2D eigenvalue weighted by molar-refractivity contribution is 7.25. The molecule has 0 atom stereocenters. The maximum atomic E-state index is 6.51. The van der Waals surface area contributed by atoms with Crippen molar-refractivity contribution in [3.8, 4) is 39.1 Å². The first-order valence-corrected chi connectivity index (χ1v) is 22.6. The quantitative estimate of drug-likeness (QED) is 0.159. The minimum atomic E-state index is 0.890. The Hall–Kier alpha value is -8.18. The molecular formula is C60H38N2OS. The van der Waals surface area contributed by atoms with Gasteiger partial charge in [0.2, 0.25) is 0 Å². The largest absolute Gasteiger partial charge is 0.455 e. The van der Waals surface area contributed by atoms with Crippen molar-refractivity contribution in [3.63, 3.8) is 0 Å². The van der Waals surface area contributed by atoms with Gasteiger partial charge in [-0.25, -0.2) is 0 Å². The molecule has 0 bridgehead atoms. The zero-order valence-electron chi connectivity index (χ0n) is 34.7. The molecule has 0 radical (unpaired) electrons. The maximum absolute atomic E-state index is 6.51. The minimum absolute atomic E-state index is 0.890. The van der Waals surface area contributed by atoms with Crippen LogP contribution in [0.5, 0.6) is 0 Å². The number of para-hydroxylation sites is 3. The SMILES string of the molecule is c1ccc(-c2cccc3c2oc2ccc(-c4ccc(N(c5ccc(-c6ccc7sc8ccccc8c7c6)cc5)c5ccc(-n6c7ccccc7c7ccccc76)cc5)cc4)cc23)cc1. The number of rotatable bonds is 7. The van der Waals surface area contributed by atoms with Crippen LogP contribution in [0.2, 0.25) is 0 Å². The third kappa shape index (κ3) is 5.95. The lowest BCUT2D eigenvalue weighted by atomic mass is 10.00. The molecule has 0 N–H and O–H groups in total. The van der Waals surface area contributed by atoms with E-state index < -0.39 is 0 Å². The number of benzene rings is 10. The van der Waals surface area contributed by atoms with Gasteiger partial charge in [0.25, 0.3) is 0 Å². The first-order valence-electron chi connectivity index (χ1n) is 21.7.